The fraction of sp³-hybridized carbons (Fsp3) is 0.182. The van der Waals surface area contributed by atoms with Gasteiger partial charge in [0.25, 0.3) is 0 Å². The number of aromatic amines is 1. The van der Waals surface area contributed by atoms with E-state index in [0.29, 0.717) is 11.5 Å². The number of methoxy groups -OCH3 is 1. The molecule has 0 amide bonds. The molecule has 4 rings (SSSR count). The van der Waals surface area contributed by atoms with Crippen LogP contribution in [0.3, 0.4) is 0 Å². The van der Waals surface area contributed by atoms with Crippen molar-refractivity contribution in [3.63, 3.8) is 0 Å². The van der Waals surface area contributed by atoms with Crippen LogP contribution < -0.4 is 15.2 Å². The van der Waals surface area contributed by atoms with Crippen LogP contribution >= 0.6 is 0 Å². The summed E-state index contributed by atoms with van der Waals surface area (Å²) in [6, 6.07) is 18.1. The first-order valence-electron chi connectivity index (χ1n) is 9.05. The number of allylic oxidation sites excluding steroid dienone is 1. The summed E-state index contributed by atoms with van der Waals surface area (Å²) in [6.45, 7) is 2.11. The van der Waals surface area contributed by atoms with Crippen molar-refractivity contribution in [2.45, 2.75) is 19.3 Å². The normalized spacial score (nSPS) is 15.5. The van der Waals surface area contributed by atoms with Gasteiger partial charge in [-0.2, -0.15) is 5.26 Å². The molecule has 3 N–H and O–H groups in total. The molecule has 0 radical (unpaired) electrons. The van der Waals surface area contributed by atoms with E-state index in [-0.39, 0.29) is 11.8 Å². The van der Waals surface area contributed by atoms with Crippen molar-refractivity contribution in [1.82, 2.24) is 10.2 Å². The molecular formula is C22H20N4O2. The number of nitriles is 1. The molecule has 6 heteroatoms. The van der Waals surface area contributed by atoms with Crippen LogP contribution in [0.15, 0.2) is 60.0 Å². The van der Waals surface area contributed by atoms with Crippen molar-refractivity contribution in [2.75, 3.05) is 7.11 Å². The number of aryl methyl sites for hydroxylation is 1. The van der Waals surface area contributed by atoms with Gasteiger partial charge in [0.1, 0.15) is 17.4 Å². The van der Waals surface area contributed by atoms with Crippen LogP contribution in [0.4, 0.5) is 0 Å². The monoisotopic (exact) mass is 372 g/mol. The maximum absolute atomic E-state index is 9.77. The van der Waals surface area contributed by atoms with Crippen molar-refractivity contribution in [3.8, 4) is 29.0 Å². The number of nitrogens with one attached hydrogen (secondary N) is 1. The minimum absolute atomic E-state index is 0.0901. The van der Waals surface area contributed by atoms with E-state index in [1.54, 1.807) is 7.11 Å². The summed E-state index contributed by atoms with van der Waals surface area (Å²) >= 11 is 0. The zero-order valence-electron chi connectivity index (χ0n) is 15.7. The summed E-state index contributed by atoms with van der Waals surface area (Å²) in [5.41, 5.74) is 11.1. The van der Waals surface area contributed by atoms with Crippen LogP contribution in [0.5, 0.6) is 11.6 Å². The molecule has 0 fully saturated rings. The molecule has 1 aliphatic heterocycles. The van der Waals surface area contributed by atoms with Crippen LogP contribution in [0.2, 0.25) is 0 Å². The Kier molecular flexibility index (Phi) is 4.50. The number of benzene rings is 2. The highest BCUT2D eigenvalue weighted by molar-refractivity contribution is 5.71. The number of aromatic nitrogens is 2. The van der Waals surface area contributed by atoms with Crippen molar-refractivity contribution in [1.29, 1.82) is 5.26 Å². The molecule has 3 aromatic rings. The van der Waals surface area contributed by atoms with Gasteiger partial charge in [-0.1, -0.05) is 31.2 Å². The van der Waals surface area contributed by atoms with Gasteiger partial charge in [-0.15, -0.1) is 5.10 Å². The van der Waals surface area contributed by atoms with E-state index in [1.165, 1.54) is 5.56 Å². The zero-order chi connectivity index (χ0) is 19.7. The van der Waals surface area contributed by atoms with Crippen LogP contribution in [0, 0.1) is 11.3 Å². The first-order valence-corrected chi connectivity index (χ1v) is 9.05. The summed E-state index contributed by atoms with van der Waals surface area (Å²) in [6.07, 6.45) is 0.950. The maximum atomic E-state index is 9.77. The SMILES string of the molecule is CCc1ccc(C2C(C#N)=C(N)Oc3n[nH]c(-c4ccc(OC)cc4)c32)cc1. The van der Waals surface area contributed by atoms with Gasteiger partial charge in [0.15, 0.2) is 0 Å². The topological polar surface area (TPSA) is 97.0 Å². The highest BCUT2D eigenvalue weighted by atomic mass is 16.5. The number of rotatable bonds is 4. The number of H-pyrrole nitrogens is 1. The molecule has 0 saturated carbocycles. The highest BCUT2D eigenvalue weighted by Crippen LogP contribution is 2.45. The third-order valence-electron chi connectivity index (χ3n) is 5.04. The van der Waals surface area contributed by atoms with Gasteiger partial charge in [0.2, 0.25) is 11.8 Å². The molecule has 140 valence electrons. The number of hydrogen-bond donors (Lipinski definition) is 2. The highest BCUT2D eigenvalue weighted by Gasteiger charge is 2.35. The lowest BCUT2D eigenvalue weighted by Crippen LogP contribution is -2.21. The van der Waals surface area contributed by atoms with Crippen LogP contribution in [-0.2, 0) is 6.42 Å². The van der Waals surface area contributed by atoms with E-state index in [2.05, 4.69) is 35.3 Å². The fourth-order valence-electron chi connectivity index (χ4n) is 3.50. The Hall–Kier alpha value is -3.72. The number of hydrogen-bond acceptors (Lipinski definition) is 5. The van der Waals surface area contributed by atoms with Gasteiger partial charge in [0, 0.05) is 5.56 Å². The molecule has 1 aliphatic rings. The van der Waals surface area contributed by atoms with Crippen LogP contribution in [0.25, 0.3) is 11.3 Å². The Bertz CT molecular complexity index is 1070. The molecule has 2 heterocycles. The van der Waals surface area contributed by atoms with Gasteiger partial charge in [-0.05, 0) is 41.8 Å². The standard InChI is InChI=1S/C22H20N4O2/c1-3-13-4-6-14(7-5-13)18-17(12-23)21(24)28-22-19(18)20(25-26-22)15-8-10-16(27-2)11-9-15/h4-11,18H,3,24H2,1-2H3,(H,25,26). The lowest BCUT2D eigenvalue weighted by Gasteiger charge is -2.24. The summed E-state index contributed by atoms with van der Waals surface area (Å²) in [4.78, 5) is 0. The molecule has 2 aromatic carbocycles. The number of fused-ring (bicyclic) bond motifs is 1. The van der Waals surface area contributed by atoms with E-state index in [0.717, 1.165) is 34.6 Å². The van der Waals surface area contributed by atoms with Gasteiger partial charge in [-0.25, -0.2) is 0 Å². The molecular weight excluding hydrogens is 352 g/mol. The minimum Gasteiger partial charge on any atom is -0.497 e. The zero-order valence-corrected chi connectivity index (χ0v) is 15.7. The quantitative estimate of drug-likeness (QED) is 0.725. The molecule has 0 bridgehead atoms. The minimum atomic E-state index is -0.351. The van der Waals surface area contributed by atoms with Crippen molar-refractivity contribution >= 4 is 0 Å². The van der Waals surface area contributed by atoms with E-state index in [9.17, 15) is 5.26 Å². The third kappa shape index (κ3) is 2.87. The molecule has 28 heavy (non-hydrogen) atoms. The number of ether oxygens (including phenoxy) is 2. The maximum Gasteiger partial charge on any atom is 0.244 e. The fourth-order valence-corrected chi connectivity index (χ4v) is 3.50. The smallest absolute Gasteiger partial charge is 0.244 e. The summed E-state index contributed by atoms with van der Waals surface area (Å²) in [5, 5.41) is 17.1. The lowest BCUT2D eigenvalue weighted by molar-refractivity contribution is 0.379. The second-order valence-electron chi connectivity index (χ2n) is 6.57. The van der Waals surface area contributed by atoms with Gasteiger partial charge in [0.05, 0.1) is 24.3 Å². The molecule has 0 spiro atoms. The average molecular weight is 372 g/mol. The second-order valence-corrected chi connectivity index (χ2v) is 6.57. The second kappa shape index (κ2) is 7.12. The van der Waals surface area contributed by atoms with Crippen molar-refractivity contribution in [3.05, 3.63) is 76.7 Å². The average Bonchev–Trinajstić information content (AvgIpc) is 3.16. The molecule has 0 aliphatic carbocycles. The van der Waals surface area contributed by atoms with Crippen LogP contribution in [0.1, 0.15) is 29.5 Å². The molecule has 6 nitrogen and oxygen atoms in total. The molecule has 1 aromatic heterocycles. The van der Waals surface area contributed by atoms with Crippen molar-refractivity contribution < 1.29 is 9.47 Å². The van der Waals surface area contributed by atoms with Crippen LogP contribution in [-0.4, -0.2) is 17.3 Å². The van der Waals surface area contributed by atoms with Gasteiger partial charge < -0.3 is 15.2 Å². The van der Waals surface area contributed by atoms with E-state index < -0.39 is 0 Å². The molecule has 1 unspecified atom stereocenters. The summed E-state index contributed by atoms with van der Waals surface area (Å²) in [5.74, 6) is 0.900. The summed E-state index contributed by atoms with van der Waals surface area (Å²) in [7, 11) is 1.63. The summed E-state index contributed by atoms with van der Waals surface area (Å²) < 4.78 is 10.9. The predicted molar refractivity (Wildman–Crippen MR) is 106 cm³/mol. The number of nitrogens with zero attached hydrogens (tertiary/aromatic N) is 2. The Morgan fingerprint density at radius 3 is 2.50 bits per heavy atom. The first-order chi connectivity index (χ1) is 13.7. The van der Waals surface area contributed by atoms with E-state index >= 15 is 0 Å². The van der Waals surface area contributed by atoms with E-state index in [4.69, 9.17) is 15.2 Å². The third-order valence-corrected chi connectivity index (χ3v) is 5.04. The Morgan fingerprint density at radius 1 is 1.18 bits per heavy atom. The largest absolute Gasteiger partial charge is 0.497 e. The lowest BCUT2D eigenvalue weighted by atomic mass is 9.82. The van der Waals surface area contributed by atoms with Crippen molar-refractivity contribution in [2.24, 2.45) is 5.73 Å². The Balaban J connectivity index is 1.88. The van der Waals surface area contributed by atoms with Gasteiger partial charge >= 0.3 is 0 Å². The van der Waals surface area contributed by atoms with Gasteiger partial charge in [-0.3, -0.25) is 5.10 Å². The first kappa shape index (κ1) is 17.7. The number of nitrogens with two attached hydrogens (primary N) is 1. The Morgan fingerprint density at radius 2 is 1.89 bits per heavy atom. The molecule has 0 saturated heterocycles. The Labute approximate surface area is 163 Å². The molecule has 1 atom stereocenters. The van der Waals surface area contributed by atoms with E-state index in [1.807, 2.05) is 36.4 Å². The predicted octanol–water partition coefficient (Wildman–Crippen LogP) is 3.87.